The summed E-state index contributed by atoms with van der Waals surface area (Å²) in [5, 5.41) is 4.59. The van der Waals surface area contributed by atoms with Gasteiger partial charge in [-0.3, -0.25) is 0 Å². The van der Waals surface area contributed by atoms with Gasteiger partial charge in [0.05, 0.1) is 5.02 Å². The minimum Gasteiger partial charge on any atom is -0.487 e. The highest BCUT2D eigenvalue weighted by atomic mass is 35.5. The van der Waals surface area contributed by atoms with Gasteiger partial charge in [0, 0.05) is 22.8 Å². The van der Waals surface area contributed by atoms with Crippen LogP contribution in [0.4, 0.5) is 5.69 Å². The first-order valence-electron chi connectivity index (χ1n) is 8.90. The predicted molar refractivity (Wildman–Crippen MR) is 115 cm³/mol. The molecule has 0 bridgehead atoms. The molecule has 0 heterocycles. The maximum atomic E-state index is 6.43. The van der Waals surface area contributed by atoms with Crippen LogP contribution in [0.2, 0.25) is 10.0 Å². The standard InChI is InChI=1S/C23H23Cl2NO/c1-15-5-8-18(9-6-15)14-27-23-19(11-20(24)12-21(23)25)13-26-22-10-16(2)4-7-17(22)3/h4-12,26H,13-14H2,1-3H3. The average molecular weight is 400 g/mol. The van der Waals surface area contributed by atoms with Crippen LogP contribution in [0.1, 0.15) is 27.8 Å². The van der Waals surface area contributed by atoms with Crippen molar-refractivity contribution >= 4 is 28.9 Å². The molecule has 0 saturated heterocycles. The molecule has 0 aliphatic heterocycles. The number of aryl methyl sites for hydroxylation is 3. The smallest absolute Gasteiger partial charge is 0.143 e. The summed E-state index contributed by atoms with van der Waals surface area (Å²) in [6.07, 6.45) is 0. The van der Waals surface area contributed by atoms with Crippen LogP contribution in [0.3, 0.4) is 0 Å². The summed E-state index contributed by atoms with van der Waals surface area (Å²) in [5.41, 5.74) is 6.75. The Morgan fingerprint density at radius 2 is 1.56 bits per heavy atom. The van der Waals surface area contributed by atoms with E-state index in [0.29, 0.717) is 28.9 Å². The van der Waals surface area contributed by atoms with Gasteiger partial charge in [0.25, 0.3) is 0 Å². The van der Waals surface area contributed by atoms with Crippen molar-refractivity contribution in [1.82, 2.24) is 0 Å². The molecule has 1 N–H and O–H groups in total. The molecule has 0 atom stereocenters. The highest BCUT2D eigenvalue weighted by Crippen LogP contribution is 2.34. The van der Waals surface area contributed by atoms with Crippen LogP contribution in [0.25, 0.3) is 0 Å². The third kappa shape index (κ3) is 5.18. The van der Waals surface area contributed by atoms with Gasteiger partial charge in [-0.05, 0) is 55.7 Å². The van der Waals surface area contributed by atoms with Crippen LogP contribution in [0, 0.1) is 20.8 Å². The zero-order valence-electron chi connectivity index (χ0n) is 15.8. The molecule has 0 saturated carbocycles. The van der Waals surface area contributed by atoms with E-state index in [-0.39, 0.29) is 0 Å². The van der Waals surface area contributed by atoms with Gasteiger partial charge in [0.15, 0.2) is 0 Å². The fraction of sp³-hybridized carbons (Fsp3) is 0.217. The Labute approximate surface area is 171 Å². The van der Waals surface area contributed by atoms with Crippen LogP contribution < -0.4 is 10.1 Å². The van der Waals surface area contributed by atoms with Crippen molar-refractivity contribution in [2.75, 3.05) is 5.32 Å². The zero-order valence-corrected chi connectivity index (χ0v) is 17.3. The Kier molecular flexibility index (Phi) is 6.30. The Hall–Kier alpha value is -2.16. The first kappa shape index (κ1) is 19.6. The van der Waals surface area contributed by atoms with Crippen molar-refractivity contribution in [3.8, 4) is 5.75 Å². The van der Waals surface area contributed by atoms with Crippen LogP contribution in [0.15, 0.2) is 54.6 Å². The number of hydrogen-bond donors (Lipinski definition) is 1. The van der Waals surface area contributed by atoms with Gasteiger partial charge in [-0.15, -0.1) is 0 Å². The second kappa shape index (κ2) is 8.69. The number of nitrogens with one attached hydrogen (secondary N) is 1. The molecule has 0 amide bonds. The third-order valence-electron chi connectivity index (χ3n) is 4.45. The fourth-order valence-electron chi connectivity index (χ4n) is 2.86. The monoisotopic (exact) mass is 399 g/mol. The molecular weight excluding hydrogens is 377 g/mol. The normalized spacial score (nSPS) is 10.7. The number of ether oxygens (including phenoxy) is 1. The minimum atomic E-state index is 0.456. The summed E-state index contributed by atoms with van der Waals surface area (Å²) in [5.74, 6) is 0.666. The van der Waals surface area contributed by atoms with Crippen LogP contribution in [-0.2, 0) is 13.2 Å². The molecule has 0 unspecified atom stereocenters. The lowest BCUT2D eigenvalue weighted by Crippen LogP contribution is -2.05. The number of anilines is 1. The lowest BCUT2D eigenvalue weighted by atomic mass is 10.1. The molecule has 3 aromatic carbocycles. The van der Waals surface area contributed by atoms with Crippen molar-refractivity contribution in [2.24, 2.45) is 0 Å². The van der Waals surface area contributed by atoms with Gasteiger partial charge < -0.3 is 10.1 Å². The van der Waals surface area contributed by atoms with Crippen LogP contribution >= 0.6 is 23.2 Å². The van der Waals surface area contributed by atoms with Crippen LogP contribution in [-0.4, -0.2) is 0 Å². The Bertz CT molecular complexity index is 936. The molecule has 0 radical (unpaired) electrons. The van der Waals surface area contributed by atoms with Crippen molar-refractivity contribution in [3.63, 3.8) is 0 Å². The summed E-state index contributed by atoms with van der Waals surface area (Å²) in [6, 6.07) is 18.2. The zero-order chi connectivity index (χ0) is 19.4. The maximum absolute atomic E-state index is 6.43. The summed E-state index contributed by atoms with van der Waals surface area (Å²) >= 11 is 12.7. The lowest BCUT2D eigenvalue weighted by Gasteiger charge is -2.16. The van der Waals surface area contributed by atoms with Gasteiger partial charge in [-0.25, -0.2) is 0 Å². The van der Waals surface area contributed by atoms with Crippen molar-refractivity contribution in [1.29, 1.82) is 0 Å². The summed E-state index contributed by atoms with van der Waals surface area (Å²) in [7, 11) is 0. The molecule has 3 rings (SSSR count). The molecule has 0 spiro atoms. The van der Waals surface area contributed by atoms with E-state index >= 15 is 0 Å². The molecule has 0 fully saturated rings. The first-order chi connectivity index (χ1) is 12.9. The molecule has 0 aliphatic carbocycles. The second-order valence-corrected chi connectivity index (χ2v) is 7.67. The van der Waals surface area contributed by atoms with Gasteiger partial charge >= 0.3 is 0 Å². The average Bonchev–Trinajstić information content (AvgIpc) is 2.63. The molecule has 140 valence electrons. The van der Waals surface area contributed by atoms with E-state index in [2.05, 4.69) is 68.6 Å². The SMILES string of the molecule is Cc1ccc(COc2c(Cl)cc(Cl)cc2CNc2cc(C)ccc2C)cc1. The first-order valence-corrected chi connectivity index (χ1v) is 9.65. The molecule has 4 heteroatoms. The predicted octanol–water partition coefficient (Wildman–Crippen LogP) is 7.11. The topological polar surface area (TPSA) is 21.3 Å². The van der Waals surface area contributed by atoms with E-state index in [9.17, 15) is 0 Å². The van der Waals surface area contributed by atoms with Crippen molar-refractivity contribution in [2.45, 2.75) is 33.9 Å². The maximum Gasteiger partial charge on any atom is 0.143 e. The summed E-state index contributed by atoms with van der Waals surface area (Å²) in [6.45, 7) is 7.27. The van der Waals surface area contributed by atoms with Gasteiger partial charge in [-0.2, -0.15) is 0 Å². The summed E-state index contributed by atoms with van der Waals surface area (Å²) in [4.78, 5) is 0. The Balaban J connectivity index is 1.79. The number of rotatable bonds is 6. The van der Waals surface area contributed by atoms with E-state index in [1.54, 1.807) is 6.07 Å². The van der Waals surface area contributed by atoms with Crippen LogP contribution in [0.5, 0.6) is 5.75 Å². The van der Waals surface area contributed by atoms with E-state index in [1.807, 2.05) is 6.07 Å². The molecule has 0 aromatic heterocycles. The quantitative estimate of drug-likeness (QED) is 0.476. The fourth-order valence-corrected chi connectivity index (χ4v) is 3.45. The largest absolute Gasteiger partial charge is 0.487 e. The molecule has 27 heavy (non-hydrogen) atoms. The molecular formula is C23H23Cl2NO. The van der Waals surface area contributed by atoms with Crippen molar-refractivity contribution in [3.05, 3.63) is 92.5 Å². The highest BCUT2D eigenvalue weighted by molar-refractivity contribution is 6.35. The van der Waals surface area contributed by atoms with E-state index in [1.165, 1.54) is 16.7 Å². The van der Waals surface area contributed by atoms with E-state index < -0.39 is 0 Å². The third-order valence-corrected chi connectivity index (χ3v) is 4.95. The van der Waals surface area contributed by atoms with Gasteiger partial charge in [0.2, 0.25) is 0 Å². The molecule has 0 aliphatic rings. The number of benzene rings is 3. The lowest BCUT2D eigenvalue weighted by molar-refractivity contribution is 0.303. The van der Waals surface area contributed by atoms with Crippen molar-refractivity contribution < 1.29 is 4.74 Å². The molecule has 3 aromatic rings. The minimum absolute atomic E-state index is 0.456. The Morgan fingerprint density at radius 1 is 0.852 bits per heavy atom. The Morgan fingerprint density at radius 3 is 2.30 bits per heavy atom. The number of hydrogen-bond acceptors (Lipinski definition) is 2. The highest BCUT2D eigenvalue weighted by Gasteiger charge is 2.12. The van der Waals surface area contributed by atoms with E-state index in [4.69, 9.17) is 27.9 Å². The van der Waals surface area contributed by atoms with Gasteiger partial charge in [-0.1, -0.05) is 65.2 Å². The number of halogens is 2. The van der Waals surface area contributed by atoms with E-state index in [0.717, 1.165) is 16.8 Å². The molecule has 2 nitrogen and oxygen atoms in total. The second-order valence-electron chi connectivity index (χ2n) is 6.82. The van der Waals surface area contributed by atoms with Gasteiger partial charge in [0.1, 0.15) is 12.4 Å². The summed E-state index contributed by atoms with van der Waals surface area (Å²) < 4.78 is 6.06.